The first-order valence-corrected chi connectivity index (χ1v) is 9.95. The van der Waals surface area contributed by atoms with Gasteiger partial charge in [-0.25, -0.2) is 8.78 Å². The summed E-state index contributed by atoms with van der Waals surface area (Å²) in [7, 11) is 1.60. The zero-order valence-corrected chi connectivity index (χ0v) is 17.0. The number of likely N-dealkylation sites (tertiary alicyclic amines) is 1. The molecule has 1 aliphatic heterocycles. The highest BCUT2D eigenvalue weighted by Gasteiger charge is 2.32. The van der Waals surface area contributed by atoms with Gasteiger partial charge in [0, 0.05) is 33.3 Å². The van der Waals surface area contributed by atoms with Crippen molar-refractivity contribution in [3.63, 3.8) is 0 Å². The smallest absolute Gasteiger partial charge is 0.224 e. The Hall–Kier alpha value is -2.31. The third kappa shape index (κ3) is 5.84. The van der Waals surface area contributed by atoms with E-state index >= 15 is 0 Å². The molecule has 4 nitrogen and oxygen atoms in total. The lowest BCUT2D eigenvalue weighted by atomic mass is 9.83. The first-order valence-electron chi connectivity index (χ1n) is 9.95. The molecule has 0 saturated carbocycles. The molecular formula is C23H28F2N2O2. The van der Waals surface area contributed by atoms with Crippen molar-refractivity contribution < 1.29 is 18.3 Å². The van der Waals surface area contributed by atoms with E-state index in [1.165, 1.54) is 18.2 Å². The fourth-order valence-corrected chi connectivity index (χ4v) is 3.94. The number of nitrogens with one attached hydrogen (secondary N) is 1. The van der Waals surface area contributed by atoms with E-state index in [2.05, 4.69) is 10.2 Å². The van der Waals surface area contributed by atoms with Gasteiger partial charge in [0.25, 0.3) is 0 Å². The van der Waals surface area contributed by atoms with Gasteiger partial charge < -0.3 is 10.1 Å². The van der Waals surface area contributed by atoms with Crippen LogP contribution in [0, 0.1) is 24.5 Å². The zero-order chi connectivity index (χ0) is 20.8. The van der Waals surface area contributed by atoms with Crippen LogP contribution in [0.5, 0.6) is 0 Å². The molecular weight excluding hydrogens is 374 g/mol. The summed E-state index contributed by atoms with van der Waals surface area (Å²) < 4.78 is 32.0. The number of ether oxygens (including phenoxy) is 1. The van der Waals surface area contributed by atoms with Crippen LogP contribution in [0.3, 0.4) is 0 Å². The summed E-state index contributed by atoms with van der Waals surface area (Å²) in [5.41, 5.74) is 2.66. The lowest BCUT2D eigenvalue weighted by Gasteiger charge is -2.37. The number of hydrogen-bond acceptors (Lipinski definition) is 3. The SMILES string of the molecule is COCCNC(=O)[C@H]1C[C@@H](c2ccc(F)c(C)c2)CN(Cc2ccc(F)cc2)C1. The molecule has 0 bridgehead atoms. The lowest BCUT2D eigenvalue weighted by molar-refractivity contribution is -0.127. The number of aryl methyl sites for hydroxylation is 1. The molecule has 3 rings (SSSR count). The summed E-state index contributed by atoms with van der Waals surface area (Å²) >= 11 is 0. The third-order valence-electron chi connectivity index (χ3n) is 5.48. The van der Waals surface area contributed by atoms with Gasteiger partial charge in [-0.05, 0) is 54.2 Å². The molecule has 6 heteroatoms. The molecule has 1 heterocycles. The second-order valence-electron chi connectivity index (χ2n) is 7.74. The largest absolute Gasteiger partial charge is 0.383 e. The molecule has 0 unspecified atom stereocenters. The van der Waals surface area contributed by atoms with Gasteiger partial charge in [0.1, 0.15) is 11.6 Å². The van der Waals surface area contributed by atoms with E-state index in [1.54, 1.807) is 26.2 Å². The van der Waals surface area contributed by atoms with Gasteiger partial charge in [-0.15, -0.1) is 0 Å². The Morgan fingerprint density at radius 1 is 1.17 bits per heavy atom. The summed E-state index contributed by atoms with van der Waals surface area (Å²) in [5, 5.41) is 2.94. The summed E-state index contributed by atoms with van der Waals surface area (Å²) in [6.07, 6.45) is 0.712. The first-order chi connectivity index (χ1) is 14.0. The number of carbonyl (C=O) groups excluding carboxylic acids is 1. The van der Waals surface area contributed by atoms with Crippen LogP contribution in [-0.4, -0.2) is 44.2 Å². The third-order valence-corrected chi connectivity index (χ3v) is 5.48. The number of rotatable bonds is 7. The van der Waals surface area contributed by atoms with Crippen LogP contribution in [0.4, 0.5) is 8.78 Å². The molecule has 1 saturated heterocycles. The minimum absolute atomic E-state index is 0.00897. The Balaban J connectivity index is 1.77. The van der Waals surface area contributed by atoms with E-state index in [1.807, 2.05) is 12.1 Å². The summed E-state index contributed by atoms with van der Waals surface area (Å²) in [4.78, 5) is 14.9. The van der Waals surface area contributed by atoms with Crippen molar-refractivity contribution in [2.24, 2.45) is 5.92 Å². The quantitative estimate of drug-likeness (QED) is 0.719. The van der Waals surface area contributed by atoms with Gasteiger partial charge in [-0.1, -0.05) is 24.3 Å². The monoisotopic (exact) mass is 402 g/mol. The fourth-order valence-electron chi connectivity index (χ4n) is 3.94. The van der Waals surface area contributed by atoms with Crippen molar-refractivity contribution in [1.82, 2.24) is 10.2 Å². The van der Waals surface area contributed by atoms with Crippen LogP contribution in [0.2, 0.25) is 0 Å². The molecule has 1 N–H and O–H groups in total. The maximum Gasteiger partial charge on any atom is 0.224 e. The average Bonchev–Trinajstić information content (AvgIpc) is 2.71. The van der Waals surface area contributed by atoms with Crippen LogP contribution < -0.4 is 5.32 Å². The number of piperidine rings is 1. The number of amides is 1. The number of benzene rings is 2. The minimum Gasteiger partial charge on any atom is -0.383 e. The van der Waals surface area contributed by atoms with E-state index in [9.17, 15) is 13.6 Å². The highest BCUT2D eigenvalue weighted by Crippen LogP contribution is 2.32. The normalized spacial score (nSPS) is 19.9. The van der Waals surface area contributed by atoms with E-state index < -0.39 is 0 Å². The molecule has 2 aromatic carbocycles. The summed E-state index contributed by atoms with van der Waals surface area (Å²) in [5.74, 6) is -0.517. The maximum absolute atomic E-state index is 13.7. The number of hydrogen-bond donors (Lipinski definition) is 1. The van der Waals surface area contributed by atoms with E-state index in [0.717, 1.165) is 17.7 Å². The molecule has 2 atom stereocenters. The van der Waals surface area contributed by atoms with Crippen LogP contribution in [0.25, 0.3) is 0 Å². The number of nitrogens with zero attached hydrogens (tertiary/aromatic N) is 1. The predicted octanol–water partition coefficient (Wildman–Crippen LogP) is 3.64. The number of carbonyl (C=O) groups is 1. The van der Waals surface area contributed by atoms with E-state index in [4.69, 9.17) is 4.74 Å². The van der Waals surface area contributed by atoms with Crippen molar-refractivity contribution in [2.75, 3.05) is 33.4 Å². The average molecular weight is 402 g/mol. The van der Waals surface area contributed by atoms with E-state index in [0.29, 0.717) is 38.2 Å². The molecule has 0 spiro atoms. The first kappa shape index (κ1) is 21.4. The van der Waals surface area contributed by atoms with Gasteiger partial charge in [-0.3, -0.25) is 9.69 Å². The van der Waals surface area contributed by atoms with Gasteiger partial charge in [0.05, 0.1) is 12.5 Å². The fraction of sp³-hybridized carbons (Fsp3) is 0.435. The maximum atomic E-state index is 13.7. The van der Waals surface area contributed by atoms with Crippen LogP contribution in [-0.2, 0) is 16.1 Å². The Morgan fingerprint density at radius 2 is 1.93 bits per heavy atom. The molecule has 0 radical (unpaired) electrons. The van der Waals surface area contributed by atoms with Crippen LogP contribution in [0.15, 0.2) is 42.5 Å². The van der Waals surface area contributed by atoms with Gasteiger partial charge in [0.2, 0.25) is 5.91 Å². The van der Waals surface area contributed by atoms with Crippen molar-refractivity contribution in [3.8, 4) is 0 Å². The molecule has 29 heavy (non-hydrogen) atoms. The van der Waals surface area contributed by atoms with Gasteiger partial charge in [-0.2, -0.15) is 0 Å². The predicted molar refractivity (Wildman–Crippen MR) is 109 cm³/mol. The second-order valence-corrected chi connectivity index (χ2v) is 7.74. The van der Waals surface area contributed by atoms with Crippen LogP contribution in [0.1, 0.15) is 29.0 Å². The second kappa shape index (κ2) is 9.94. The van der Waals surface area contributed by atoms with Gasteiger partial charge >= 0.3 is 0 Å². The molecule has 1 amide bonds. The van der Waals surface area contributed by atoms with Crippen molar-refractivity contribution >= 4 is 5.91 Å². The minimum atomic E-state index is -0.262. The van der Waals surface area contributed by atoms with Crippen molar-refractivity contribution in [1.29, 1.82) is 0 Å². The highest BCUT2D eigenvalue weighted by atomic mass is 19.1. The lowest BCUT2D eigenvalue weighted by Crippen LogP contribution is -2.46. The molecule has 2 aromatic rings. The number of methoxy groups -OCH3 is 1. The Kier molecular flexibility index (Phi) is 7.34. The Labute approximate surface area is 170 Å². The molecule has 0 aliphatic carbocycles. The van der Waals surface area contributed by atoms with E-state index in [-0.39, 0.29) is 29.4 Å². The van der Waals surface area contributed by atoms with Crippen molar-refractivity contribution in [2.45, 2.75) is 25.8 Å². The molecule has 156 valence electrons. The number of halogens is 2. The molecule has 0 aromatic heterocycles. The molecule has 1 fully saturated rings. The zero-order valence-electron chi connectivity index (χ0n) is 17.0. The summed E-state index contributed by atoms with van der Waals surface area (Å²) in [6.45, 7) is 4.74. The highest BCUT2D eigenvalue weighted by molar-refractivity contribution is 5.79. The van der Waals surface area contributed by atoms with Crippen molar-refractivity contribution in [3.05, 3.63) is 70.8 Å². The van der Waals surface area contributed by atoms with Crippen LogP contribution >= 0.6 is 0 Å². The standard InChI is InChI=1S/C23H28F2N2O2/c1-16-11-18(5-8-22(16)25)19-12-20(23(28)26-9-10-29-2)15-27(14-19)13-17-3-6-21(24)7-4-17/h3-8,11,19-20H,9-10,12-15H2,1-2H3,(H,26,28)/t19-,20+/m1/s1. The van der Waals surface area contributed by atoms with Gasteiger partial charge in [0.15, 0.2) is 0 Å². The summed E-state index contributed by atoms with van der Waals surface area (Å²) in [6, 6.07) is 11.6. The topological polar surface area (TPSA) is 41.6 Å². The Bertz CT molecular complexity index is 826. The Morgan fingerprint density at radius 3 is 2.62 bits per heavy atom. The molecule has 1 aliphatic rings.